The van der Waals surface area contributed by atoms with Crippen molar-refractivity contribution in [1.29, 1.82) is 0 Å². The number of alkyl halides is 6. The number of rotatable bonds is 7. The van der Waals surface area contributed by atoms with Gasteiger partial charge in [-0.3, -0.25) is 0 Å². The van der Waals surface area contributed by atoms with Crippen LogP contribution in [0.3, 0.4) is 0 Å². The minimum Gasteiger partial charge on any atom is -0.457 e. The molecule has 0 amide bonds. The van der Waals surface area contributed by atoms with E-state index in [1.54, 1.807) is 30.3 Å². The summed E-state index contributed by atoms with van der Waals surface area (Å²) in [5, 5.41) is 9.56. The number of benzene rings is 3. The molecule has 0 aliphatic rings. The summed E-state index contributed by atoms with van der Waals surface area (Å²) in [5.74, 6) is -2.80. The lowest BCUT2D eigenvalue weighted by Crippen LogP contribution is -2.41. The first kappa shape index (κ1) is 28.9. The number of aliphatic hydroxyl groups excluding tert-OH is 1. The lowest BCUT2D eigenvalue weighted by atomic mass is 10.1. The maximum atomic E-state index is 14.5. The lowest BCUT2D eigenvalue weighted by molar-refractivity contribution is -0.200. The molecule has 0 unspecified atom stereocenters. The SMILES string of the molecule is CC.O[C@H](CN(Cc1c(F)ccc(C(F)(F)F)c1F)c1cccc(Oc2ccccc2)c1)C(F)(F)F. The fraction of sp³-hybridized carbons (Fsp3) is 0.280. The Morgan fingerprint density at radius 2 is 1.44 bits per heavy atom. The third-order valence-corrected chi connectivity index (χ3v) is 4.77. The van der Waals surface area contributed by atoms with E-state index in [2.05, 4.69) is 0 Å². The van der Waals surface area contributed by atoms with Gasteiger partial charge in [0.05, 0.1) is 12.1 Å². The minimum absolute atomic E-state index is 0.0760. The second-order valence-electron chi connectivity index (χ2n) is 7.24. The van der Waals surface area contributed by atoms with Crippen molar-refractivity contribution in [2.24, 2.45) is 0 Å². The Morgan fingerprint density at radius 3 is 2.03 bits per heavy atom. The summed E-state index contributed by atoms with van der Waals surface area (Å²) >= 11 is 0. The number of para-hydroxylation sites is 1. The lowest BCUT2D eigenvalue weighted by Gasteiger charge is -2.29. The number of aliphatic hydroxyl groups is 1. The van der Waals surface area contributed by atoms with E-state index >= 15 is 0 Å². The number of hydrogen-bond acceptors (Lipinski definition) is 3. The molecule has 0 aromatic heterocycles. The molecule has 1 atom stereocenters. The van der Waals surface area contributed by atoms with Crippen molar-refractivity contribution in [2.45, 2.75) is 38.8 Å². The second-order valence-corrected chi connectivity index (χ2v) is 7.24. The number of ether oxygens (including phenoxy) is 1. The van der Waals surface area contributed by atoms with Crippen LogP contribution < -0.4 is 9.64 Å². The van der Waals surface area contributed by atoms with Crippen molar-refractivity contribution >= 4 is 5.69 Å². The molecule has 0 bridgehead atoms. The molecule has 0 aliphatic carbocycles. The Labute approximate surface area is 202 Å². The first-order chi connectivity index (χ1) is 16.9. The fourth-order valence-corrected chi connectivity index (χ4v) is 3.09. The zero-order valence-corrected chi connectivity index (χ0v) is 19.2. The van der Waals surface area contributed by atoms with Gasteiger partial charge >= 0.3 is 12.4 Å². The topological polar surface area (TPSA) is 32.7 Å². The standard InChI is InChI=1S/C23H17F8NO2.C2H6/c24-19-10-9-18(22(26,27)28)21(25)17(19)12-32(13-20(33)23(29,30)31)14-5-4-8-16(11-14)34-15-6-2-1-3-7-15;1-2/h1-11,20,33H,12-13H2;1-2H3/t20-;/m1./s1. The number of anilines is 1. The minimum atomic E-state index is -5.15. The Kier molecular flexibility index (Phi) is 9.69. The molecule has 0 saturated heterocycles. The van der Waals surface area contributed by atoms with Crippen LogP contribution in [0.2, 0.25) is 0 Å². The van der Waals surface area contributed by atoms with Gasteiger partial charge in [-0.1, -0.05) is 38.1 Å². The molecule has 196 valence electrons. The van der Waals surface area contributed by atoms with Crippen LogP contribution in [0.15, 0.2) is 66.7 Å². The van der Waals surface area contributed by atoms with E-state index in [-0.39, 0.29) is 17.5 Å². The predicted octanol–water partition coefficient (Wildman–Crippen LogP) is 7.73. The molecule has 11 heteroatoms. The van der Waals surface area contributed by atoms with Gasteiger partial charge in [0.1, 0.15) is 23.1 Å². The van der Waals surface area contributed by atoms with Gasteiger partial charge in [-0.15, -0.1) is 0 Å². The highest BCUT2D eigenvalue weighted by Gasteiger charge is 2.40. The fourth-order valence-electron chi connectivity index (χ4n) is 3.09. The van der Waals surface area contributed by atoms with Crippen molar-refractivity contribution in [3.05, 3.63) is 89.5 Å². The Bertz CT molecular complexity index is 1120. The molecule has 3 aromatic carbocycles. The van der Waals surface area contributed by atoms with Crippen LogP contribution in [-0.2, 0) is 12.7 Å². The highest BCUT2D eigenvalue weighted by molar-refractivity contribution is 5.52. The first-order valence-electron chi connectivity index (χ1n) is 10.7. The van der Waals surface area contributed by atoms with Crippen LogP contribution in [0.5, 0.6) is 11.5 Å². The summed E-state index contributed by atoms with van der Waals surface area (Å²) in [6, 6.07) is 14.2. The van der Waals surface area contributed by atoms with Crippen molar-refractivity contribution in [3.63, 3.8) is 0 Å². The summed E-state index contributed by atoms with van der Waals surface area (Å²) in [6.07, 6.45) is -13.2. The van der Waals surface area contributed by atoms with Gasteiger partial charge in [-0.25, -0.2) is 8.78 Å². The number of halogens is 8. The predicted molar refractivity (Wildman–Crippen MR) is 119 cm³/mol. The number of hydrogen-bond donors (Lipinski definition) is 1. The average Bonchev–Trinajstić information content (AvgIpc) is 2.81. The Morgan fingerprint density at radius 1 is 0.833 bits per heavy atom. The third-order valence-electron chi connectivity index (χ3n) is 4.77. The van der Waals surface area contributed by atoms with E-state index in [1.807, 2.05) is 13.8 Å². The Balaban J connectivity index is 0.00000222. The van der Waals surface area contributed by atoms with E-state index in [0.29, 0.717) is 11.8 Å². The van der Waals surface area contributed by atoms with Gasteiger partial charge in [0.15, 0.2) is 6.10 Å². The van der Waals surface area contributed by atoms with Gasteiger partial charge in [0.2, 0.25) is 0 Å². The van der Waals surface area contributed by atoms with E-state index in [0.717, 1.165) is 4.90 Å². The third kappa shape index (κ3) is 7.58. The summed E-state index contributed by atoms with van der Waals surface area (Å²) in [7, 11) is 0. The molecule has 3 nitrogen and oxygen atoms in total. The molecule has 1 N–H and O–H groups in total. The first-order valence-corrected chi connectivity index (χ1v) is 10.7. The monoisotopic (exact) mass is 521 g/mol. The van der Waals surface area contributed by atoms with Crippen molar-refractivity contribution in [3.8, 4) is 11.5 Å². The number of nitrogens with zero attached hydrogens (tertiary/aromatic N) is 1. The molecular weight excluding hydrogens is 498 g/mol. The van der Waals surface area contributed by atoms with Crippen molar-refractivity contribution < 1.29 is 45.0 Å². The molecular formula is C25H23F8NO2. The highest BCUT2D eigenvalue weighted by Crippen LogP contribution is 2.35. The van der Waals surface area contributed by atoms with Crippen LogP contribution in [0.1, 0.15) is 25.0 Å². The van der Waals surface area contributed by atoms with E-state index in [4.69, 9.17) is 4.74 Å². The van der Waals surface area contributed by atoms with Gasteiger partial charge in [0.25, 0.3) is 0 Å². The van der Waals surface area contributed by atoms with Crippen molar-refractivity contribution in [2.75, 3.05) is 11.4 Å². The largest absolute Gasteiger partial charge is 0.457 e. The van der Waals surface area contributed by atoms with Gasteiger partial charge in [-0.2, -0.15) is 26.3 Å². The molecule has 0 saturated carbocycles. The zero-order valence-electron chi connectivity index (χ0n) is 19.2. The Hall–Kier alpha value is -3.34. The molecule has 0 spiro atoms. The van der Waals surface area contributed by atoms with E-state index in [9.17, 15) is 40.2 Å². The van der Waals surface area contributed by atoms with Crippen LogP contribution in [0.25, 0.3) is 0 Å². The maximum Gasteiger partial charge on any atom is 0.419 e. The molecule has 0 radical (unpaired) electrons. The molecule has 0 aliphatic heterocycles. The van der Waals surface area contributed by atoms with Gasteiger partial charge < -0.3 is 14.7 Å². The van der Waals surface area contributed by atoms with E-state index < -0.39 is 54.3 Å². The molecule has 0 heterocycles. The normalized spacial score (nSPS) is 12.4. The summed E-state index contributed by atoms with van der Waals surface area (Å²) < 4.78 is 113. The summed E-state index contributed by atoms with van der Waals surface area (Å²) in [5.41, 5.74) is -2.94. The molecule has 3 aromatic rings. The molecule has 0 fully saturated rings. The van der Waals surface area contributed by atoms with Crippen molar-refractivity contribution in [1.82, 2.24) is 0 Å². The quantitative estimate of drug-likeness (QED) is 0.323. The summed E-state index contributed by atoms with van der Waals surface area (Å²) in [4.78, 5) is 0.720. The van der Waals surface area contributed by atoms with E-state index in [1.165, 1.54) is 24.3 Å². The zero-order chi connectivity index (χ0) is 27.1. The second kappa shape index (κ2) is 12.1. The maximum absolute atomic E-state index is 14.5. The average molecular weight is 521 g/mol. The molecule has 3 rings (SSSR count). The van der Waals surface area contributed by atoms with Crippen LogP contribution in [-0.4, -0.2) is 23.9 Å². The van der Waals surface area contributed by atoms with Crippen LogP contribution >= 0.6 is 0 Å². The van der Waals surface area contributed by atoms with Gasteiger partial charge in [0, 0.05) is 23.9 Å². The highest BCUT2D eigenvalue weighted by atomic mass is 19.4. The molecule has 36 heavy (non-hydrogen) atoms. The smallest absolute Gasteiger partial charge is 0.419 e. The summed E-state index contributed by atoms with van der Waals surface area (Å²) in [6.45, 7) is 1.77. The van der Waals surface area contributed by atoms with Crippen LogP contribution in [0.4, 0.5) is 40.8 Å². The van der Waals surface area contributed by atoms with Gasteiger partial charge in [-0.05, 0) is 36.4 Å². The van der Waals surface area contributed by atoms with Crippen LogP contribution in [0, 0.1) is 11.6 Å².